The predicted octanol–water partition coefficient (Wildman–Crippen LogP) is 1.91. The molecule has 1 aromatic carbocycles. The van der Waals surface area contributed by atoms with Crippen molar-refractivity contribution < 1.29 is 14.6 Å². The van der Waals surface area contributed by atoms with Crippen LogP contribution in [0.1, 0.15) is 18.9 Å². The number of methoxy groups -OCH3 is 2. The highest BCUT2D eigenvalue weighted by Crippen LogP contribution is 2.30. The first-order valence-electron chi connectivity index (χ1n) is 6.75. The van der Waals surface area contributed by atoms with Crippen LogP contribution in [0.3, 0.4) is 0 Å². The Morgan fingerprint density at radius 2 is 2.00 bits per heavy atom. The highest BCUT2D eigenvalue weighted by molar-refractivity contribution is 5.42. The molecule has 2 rings (SSSR count). The van der Waals surface area contributed by atoms with Crippen LogP contribution in [0.4, 0.5) is 0 Å². The van der Waals surface area contributed by atoms with Crippen molar-refractivity contribution in [2.75, 3.05) is 27.4 Å². The molecule has 4 heteroatoms. The summed E-state index contributed by atoms with van der Waals surface area (Å²) in [6.45, 7) is 4.32. The third kappa shape index (κ3) is 3.01. The quantitative estimate of drug-likeness (QED) is 0.883. The third-order valence-corrected chi connectivity index (χ3v) is 4.02. The van der Waals surface area contributed by atoms with Crippen molar-refractivity contribution in [1.29, 1.82) is 0 Å². The van der Waals surface area contributed by atoms with Crippen LogP contribution in [-0.4, -0.2) is 43.4 Å². The average molecular weight is 265 g/mol. The summed E-state index contributed by atoms with van der Waals surface area (Å²) in [5.74, 6) is 2.07. The van der Waals surface area contributed by atoms with E-state index in [0.717, 1.165) is 31.0 Å². The van der Waals surface area contributed by atoms with Crippen LogP contribution >= 0.6 is 0 Å². The molecule has 0 saturated carbocycles. The lowest BCUT2D eigenvalue weighted by Crippen LogP contribution is -2.34. The van der Waals surface area contributed by atoms with E-state index in [9.17, 15) is 5.11 Å². The molecular formula is C15H23NO3. The molecule has 1 aromatic rings. The van der Waals surface area contributed by atoms with E-state index in [-0.39, 0.29) is 12.6 Å². The topological polar surface area (TPSA) is 41.9 Å². The van der Waals surface area contributed by atoms with Crippen LogP contribution in [0, 0.1) is 5.92 Å². The van der Waals surface area contributed by atoms with Gasteiger partial charge in [0, 0.05) is 12.6 Å². The number of nitrogens with zero attached hydrogens (tertiary/aromatic N) is 1. The molecule has 0 spiro atoms. The molecule has 0 radical (unpaired) electrons. The summed E-state index contributed by atoms with van der Waals surface area (Å²) >= 11 is 0. The van der Waals surface area contributed by atoms with Gasteiger partial charge in [-0.15, -0.1) is 0 Å². The van der Waals surface area contributed by atoms with E-state index >= 15 is 0 Å². The van der Waals surface area contributed by atoms with E-state index in [4.69, 9.17) is 9.47 Å². The van der Waals surface area contributed by atoms with Crippen molar-refractivity contribution >= 4 is 0 Å². The molecule has 106 valence electrons. The summed E-state index contributed by atoms with van der Waals surface area (Å²) < 4.78 is 10.6. The number of hydrogen-bond acceptors (Lipinski definition) is 4. The van der Waals surface area contributed by atoms with Gasteiger partial charge >= 0.3 is 0 Å². The van der Waals surface area contributed by atoms with Crippen molar-refractivity contribution in [1.82, 2.24) is 4.90 Å². The van der Waals surface area contributed by atoms with E-state index < -0.39 is 0 Å². The third-order valence-electron chi connectivity index (χ3n) is 4.02. The fourth-order valence-electron chi connectivity index (χ4n) is 2.79. The monoisotopic (exact) mass is 265 g/mol. The molecule has 0 aliphatic carbocycles. The molecule has 4 nitrogen and oxygen atoms in total. The molecule has 0 bridgehead atoms. The van der Waals surface area contributed by atoms with Gasteiger partial charge in [-0.1, -0.05) is 13.0 Å². The van der Waals surface area contributed by atoms with Crippen molar-refractivity contribution in [3.05, 3.63) is 23.8 Å². The molecule has 1 heterocycles. The van der Waals surface area contributed by atoms with Crippen LogP contribution in [0.2, 0.25) is 0 Å². The molecule has 19 heavy (non-hydrogen) atoms. The van der Waals surface area contributed by atoms with Crippen molar-refractivity contribution in [3.8, 4) is 11.5 Å². The van der Waals surface area contributed by atoms with Gasteiger partial charge in [0.1, 0.15) is 0 Å². The van der Waals surface area contributed by atoms with Gasteiger partial charge in [0.25, 0.3) is 0 Å². The lowest BCUT2D eigenvalue weighted by atomic mass is 10.0. The summed E-state index contributed by atoms with van der Waals surface area (Å²) in [4.78, 5) is 2.34. The second-order valence-electron chi connectivity index (χ2n) is 5.18. The molecular weight excluding hydrogens is 242 g/mol. The lowest BCUT2D eigenvalue weighted by Gasteiger charge is -2.25. The first kappa shape index (κ1) is 14.2. The molecule has 0 amide bonds. The summed E-state index contributed by atoms with van der Waals surface area (Å²) in [6.07, 6.45) is 1.15. The number of ether oxygens (including phenoxy) is 2. The fourth-order valence-corrected chi connectivity index (χ4v) is 2.79. The molecule has 1 aliphatic rings. The number of benzene rings is 1. The van der Waals surface area contributed by atoms with Crippen LogP contribution in [0.5, 0.6) is 11.5 Å². The zero-order chi connectivity index (χ0) is 13.8. The minimum Gasteiger partial charge on any atom is -0.493 e. The van der Waals surface area contributed by atoms with E-state index in [1.54, 1.807) is 14.2 Å². The van der Waals surface area contributed by atoms with Gasteiger partial charge < -0.3 is 14.6 Å². The fraction of sp³-hybridized carbons (Fsp3) is 0.600. The second-order valence-corrected chi connectivity index (χ2v) is 5.18. The molecule has 1 fully saturated rings. The number of hydrogen-bond donors (Lipinski definition) is 1. The van der Waals surface area contributed by atoms with E-state index in [1.165, 1.54) is 5.56 Å². The Morgan fingerprint density at radius 1 is 1.26 bits per heavy atom. The summed E-state index contributed by atoms with van der Waals surface area (Å²) in [6, 6.07) is 6.27. The lowest BCUT2D eigenvalue weighted by molar-refractivity contribution is 0.134. The van der Waals surface area contributed by atoms with Gasteiger partial charge in [0.15, 0.2) is 11.5 Å². The van der Waals surface area contributed by atoms with Gasteiger partial charge in [-0.2, -0.15) is 0 Å². The summed E-state index contributed by atoms with van der Waals surface area (Å²) in [7, 11) is 3.29. The van der Waals surface area contributed by atoms with Crippen LogP contribution in [-0.2, 0) is 6.54 Å². The maximum absolute atomic E-state index is 9.48. The normalized spacial score (nSPS) is 23.6. The molecule has 1 N–H and O–H groups in total. The van der Waals surface area contributed by atoms with E-state index in [2.05, 4.69) is 17.9 Å². The Kier molecular flexibility index (Phi) is 4.66. The Balaban J connectivity index is 2.11. The largest absolute Gasteiger partial charge is 0.493 e. The highest BCUT2D eigenvalue weighted by atomic mass is 16.5. The summed E-state index contributed by atoms with van der Waals surface area (Å²) in [5.41, 5.74) is 1.19. The van der Waals surface area contributed by atoms with Gasteiger partial charge in [0.05, 0.1) is 20.8 Å². The van der Waals surface area contributed by atoms with Gasteiger partial charge in [-0.25, -0.2) is 0 Å². The Bertz CT molecular complexity index is 422. The van der Waals surface area contributed by atoms with Crippen LogP contribution in [0.25, 0.3) is 0 Å². The van der Waals surface area contributed by atoms with Crippen molar-refractivity contribution in [2.45, 2.75) is 25.9 Å². The molecule has 1 aliphatic heterocycles. The Hall–Kier alpha value is -1.26. The van der Waals surface area contributed by atoms with Gasteiger partial charge in [-0.3, -0.25) is 4.90 Å². The zero-order valence-electron chi connectivity index (χ0n) is 11.9. The standard InChI is InChI=1S/C15H23NO3/c1-11-6-7-16(13(11)10-17)9-12-4-5-14(18-2)15(8-12)19-3/h4-5,8,11,13,17H,6-7,9-10H2,1-3H3. The first-order valence-corrected chi connectivity index (χ1v) is 6.75. The Labute approximate surface area is 114 Å². The van der Waals surface area contributed by atoms with Gasteiger partial charge in [-0.05, 0) is 36.6 Å². The van der Waals surface area contributed by atoms with Crippen LogP contribution < -0.4 is 9.47 Å². The average Bonchev–Trinajstić information content (AvgIpc) is 2.78. The zero-order valence-corrected chi connectivity index (χ0v) is 11.9. The minimum atomic E-state index is 0.231. The predicted molar refractivity (Wildman–Crippen MR) is 74.6 cm³/mol. The van der Waals surface area contributed by atoms with E-state index in [1.807, 2.05) is 12.1 Å². The van der Waals surface area contributed by atoms with Gasteiger partial charge in [0.2, 0.25) is 0 Å². The number of aliphatic hydroxyl groups excluding tert-OH is 1. The molecule has 2 atom stereocenters. The summed E-state index contributed by atoms with van der Waals surface area (Å²) in [5, 5.41) is 9.48. The van der Waals surface area contributed by atoms with Crippen LogP contribution in [0.15, 0.2) is 18.2 Å². The van der Waals surface area contributed by atoms with E-state index in [0.29, 0.717) is 5.92 Å². The maximum Gasteiger partial charge on any atom is 0.161 e. The smallest absolute Gasteiger partial charge is 0.161 e. The second kappa shape index (κ2) is 6.26. The molecule has 0 aromatic heterocycles. The number of rotatable bonds is 5. The van der Waals surface area contributed by atoms with Crippen molar-refractivity contribution in [2.24, 2.45) is 5.92 Å². The molecule has 2 unspecified atom stereocenters. The Morgan fingerprint density at radius 3 is 2.63 bits per heavy atom. The minimum absolute atomic E-state index is 0.231. The maximum atomic E-state index is 9.48. The highest BCUT2D eigenvalue weighted by Gasteiger charge is 2.30. The van der Waals surface area contributed by atoms with Crippen molar-refractivity contribution in [3.63, 3.8) is 0 Å². The molecule has 1 saturated heterocycles. The first-order chi connectivity index (χ1) is 9.19. The number of aliphatic hydroxyl groups is 1. The SMILES string of the molecule is COc1ccc(CN2CCC(C)C2CO)cc1OC. The number of likely N-dealkylation sites (tertiary alicyclic amines) is 1.